The molecule has 6 nitrogen and oxygen atoms in total. The summed E-state index contributed by atoms with van der Waals surface area (Å²) in [5.41, 5.74) is 5.92. The number of likely N-dealkylation sites (N-methyl/N-ethyl adjacent to an activating group) is 2. The Morgan fingerprint density at radius 3 is 2.95 bits per heavy atom. The summed E-state index contributed by atoms with van der Waals surface area (Å²) in [5.74, 6) is 1.44. The molecule has 1 fully saturated rings. The van der Waals surface area contributed by atoms with E-state index in [1.807, 2.05) is 0 Å². The molecule has 1 aromatic rings. The highest BCUT2D eigenvalue weighted by molar-refractivity contribution is 4.98. The number of hydrogen-bond acceptors (Lipinski definition) is 6. The maximum absolute atomic E-state index is 5.92. The molecule has 0 bridgehead atoms. The molecule has 6 heteroatoms. The van der Waals surface area contributed by atoms with Gasteiger partial charge in [0.05, 0.1) is 6.04 Å². The highest BCUT2D eigenvalue weighted by atomic mass is 16.5. The fourth-order valence-corrected chi connectivity index (χ4v) is 2.41. The first-order valence-corrected chi connectivity index (χ1v) is 7.07. The Morgan fingerprint density at radius 2 is 2.21 bits per heavy atom. The Bertz CT molecular complexity index is 394. The number of nitrogens with zero attached hydrogens (tertiary/aromatic N) is 4. The van der Waals surface area contributed by atoms with Crippen LogP contribution in [0.2, 0.25) is 0 Å². The predicted molar refractivity (Wildman–Crippen MR) is 73.8 cm³/mol. The largest absolute Gasteiger partial charge is 0.339 e. The molecule has 1 saturated heterocycles. The monoisotopic (exact) mass is 267 g/mol. The summed E-state index contributed by atoms with van der Waals surface area (Å²) >= 11 is 0. The van der Waals surface area contributed by atoms with Gasteiger partial charge in [-0.2, -0.15) is 4.98 Å². The van der Waals surface area contributed by atoms with Gasteiger partial charge in [0.2, 0.25) is 5.89 Å². The first-order chi connectivity index (χ1) is 9.10. The molecule has 2 atom stereocenters. The molecule has 0 amide bonds. The highest BCUT2D eigenvalue weighted by Gasteiger charge is 2.26. The van der Waals surface area contributed by atoms with Gasteiger partial charge in [-0.15, -0.1) is 0 Å². The van der Waals surface area contributed by atoms with Crippen molar-refractivity contribution in [2.24, 2.45) is 5.73 Å². The predicted octanol–water partition coefficient (Wildman–Crippen LogP) is 0.658. The SMILES string of the molecule is CCC(N)Cc1nc(C2CN(C)CCCN2C)no1. The summed E-state index contributed by atoms with van der Waals surface area (Å²) in [6, 6.07) is 0.311. The van der Waals surface area contributed by atoms with E-state index in [1.54, 1.807) is 0 Å². The zero-order valence-electron chi connectivity index (χ0n) is 12.2. The summed E-state index contributed by atoms with van der Waals surface area (Å²) in [6.45, 7) is 5.19. The van der Waals surface area contributed by atoms with Gasteiger partial charge in [-0.1, -0.05) is 12.1 Å². The van der Waals surface area contributed by atoms with Gasteiger partial charge in [-0.05, 0) is 40.0 Å². The van der Waals surface area contributed by atoms with Crippen molar-refractivity contribution in [3.8, 4) is 0 Å². The Hall–Kier alpha value is -0.980. The molecule has 2 unspecified atom stereocenters. The third-order valence-corrected chi connectivity index (χ3v) is 3.81. The quantitative estimate of drug-likeness (QED) is 0.864. The molecule has 2 heterocycles. The van der Waals surface area contributed by atoms with Crippen molar-refractivity contribution < 1.29 is 4.52 Å². The zero-order chi connectivity index (χ0) is 13.8. The van der Waals surface area contributed by atoms with Crippen LogP contribution in [0.3, 0.4) is 0 Å². The van der Waals surface area contributed by atoms with Crippen molar-refractivity contribution in [1.82, 2.24) is 19.9 Å². The van der Waals surface area contributed by atoms with Crippen molar-refractivity contribution in [3.63, 3.8) is 0 Å². The van der Waals surface area contributed by atoms with Crippen LogP contribution in [-0.2, 0) is 6.42 Å². The molecule has 2 rings (SSSR count). The number of rotatable bonds is 4. The summed E-state index contributed by atoms with van der Waals surface area (Å²) in [4.78, 5) is 9.15. The van der Waals surface area contributed by atoms with Crippen molar-refractivity contribution >= 4 is 0 Å². The highest BCUT2D eigenvalue weighted by Crippen LogP contribution is 2.20. The average molecular weight is 267 g/mol. The van der Waals surface area contributed by atoms with Crippen LogP contribution in [-0.4, -0.2) is 59.7 Å². The van der Waals surface area contributed by atoms with Gasteiger partial charge in [-0.3, -0.25) is 4.90 Å². The molecule has 0 radical (unpaired) electrons. The first-order valence-electron chi connectivity index (χ1n) is 7.07. The van der Waals surface area contributed by atoms with Crippen LogP contribution < -0.4 is 5.73 Å². The van der Waals surface area contributed by atoms with Crippen LogP contribution in [0.1, 0.15) is 37.5 Å². The van der Waals surface area contributed by atoms with Crippen LogP contribution in [0, 0.1) is 0 Å². The molecule has 1 aliphatic rings. The van der Waals surface area contributed by atoms with Crippen LogP contribution in [0.5, 0.6) is 0 Å². The second kappa shape index (κ2) is 6.45. The van der Waals surface area contributed by atoms with Crippen LogP contribution in [0.15, 0.2) is 4.52 Å². The van der Waals surface area contributed by atoms with Crippen molar-refractivity contribution in [1.29, 1.82) is 0 Å². The molecule has 1 aliphatic heterocycles. The minimum absolute atomic E-state index is 0.0998. The Labute approximate surface area is 114 Å². The smallest absolute Gasteiger partial charge is 0.228 e. The van der Waals surface area contributed by atoms with E-state index in [0.29, 0.717) is 12.3 Å². The third-order valence-electron chi connectivity index (χ3n) is 3.81. The van der Waals surface area contributed by atoms with Gasteiger partial charge in [-0.25, -0.2) is 0 Å². The lowest BCUT2D eigenvalue weighted by atomic mass is 10.2. The first kappa shape index (κ1) is 14.4. The van der Waals surface area contributed by atoms with Gasteiger partial charge in [0.1, 0.15) is 0 Å². The van der Waals surface area contributed by atoms with Gasteiger partial charge in [0.15, 0.2) is 5.82 Å². The minimum atomic E-state index is 0.0998. The molecular formula is C13H25N5O. The second-order valence-electron chi connectivity index (χ2n) is 5.53. The van der Waals surface area contributed by atoms with E-state index < -0.39 is 0 Å². The van der Waals surface area contributed by atoms with Gasteiger partial charge >= 0.3 is 0 Å². The van der Waals surface area contributed by atoms with Crippen molar-refractivity contribution in [2.45, 2.75) is 38.3 Å². The molecule has 19 heavy (non-hydrogen) atoms. The fraction of sp³-hybridized carbons (Fsp3) is 0.846. The van der Waals surface area contributed by atoms with E-state index in [4.69, 9.17) is 10.3 Å². The van der Waals surface area contributed by atoms with Gasteiger partial charge in [0.25, 0.3) is 0 Å². The fourth-order valence-electron chi connectivity index (χ4n) is 2.41. The number of hydrogen-bond donors (Lipinski definition) is 1. The van der Waals surface area contributed by atoms with Crippen LogP contribution in [0.25, 0.3) is 0 Å². The topological polar surface area (TPSA) is 71.4 Å². The lowest BCUT2D eigenvalue weighted by molar-refractivity contribution is 0.214. The molecule has 0 spiro atoms. The summed E-state index contributed by atoms with van der Waals surface area (Å²) in [5, 5.41) is 4.14. The molecule has 108 valence electrons. The van der Waals surface area contributed by atoms with E-state index in [2.05, 4.69) is 41.0 Å². The van der Waals surface area contributed by atoms with Gasteiger partial charge < -0.3 is 15.2 Å². The molecule has 1 aromatic heterocycles. The third kappa shape index (κ3) is 3.75. The van der Waals surface area contributed by atoms with E-state index in [0.717, 1.165) is 31.9 Å². The molecular weight excluding hydrogens is 242 g/mol. The maximum atomic E-state index is 5.92. The Morgan fingerprint density at radius 1 is 1.42 bits per heavy atom. The normalized spacial score (nSPS) is 24.3. The second-order valence-corrected chi connectivity index (χ2v) is 5.53. The van der Waals surface area contributed by atoms with Crippen molar-refractivity contribution in [2.75, 3.05) is 33.7 Å². The molecule has 0 saturated carbocycles. The summed E-state index contributed by atoms with van der Waals surface area (Å²) in [6.07, 6.45) is 2.76. The molecule has 2 N–H and O–H groups in total. The van der Waals surface area contributed by atoms with Crippen molar-refractivity contribution in [3.05, 3.63) is 11.7 Å². The summed E-state index contributed by atoms with van der Waals surface area (Å²) in [7, 11) is 4.26. The molecule has 0 aliphatic carbocycles. The Balaban J connectivity index is 2.07. The van der Waals surface area contributed by atoms with Gasteiger partial charge in [0, 0.05) is 19.0 Å². The van der Waals surface area contributed by atoms with E-state index in [1.165, 1.54) is 6.42 Å². The maximum Gasteiger partial charge on any atom is 0.228 e. The number of aromatic nitrogens is 2. The van der Waals surface area contributed by atoms with E-state index in [9.17, 15) is 0 Å². The lowest BCUT2D eigenvalue weighted by Crippen LogP contribution is -2.31. The standard InChI is InChI=1S/C13H25N5O/c1-4-10(14)8-12-15-13(16-19-12)11-9-17(2)6-5-7-18(11)3/h10-11H,4-9,14H2,1-3H3. The van der Waals surface area contributed by atoms with Crippen LogP contribution in [0.4, 0.5) is 0 Å². The van der Waals surface area contributed by atoms with Crippen LogP contribution >= 0.6 is 0 Å². The number of nitrogens with two attached hydrogens (primary N) is 1. The van der Waals surface area contributed by atoms with E-state index in [-0.39, 0.29) is 12.1 Å². The Kier molecular flexibility index (Phi) is 4.90. The molecule has 0 aromatic carbocycles. The van der Waals surface area contributed by atoms with E-state index >= 15 is 0 Å². The lowest BCUT2D eigenvalue weighted by Gasteiger charge is -2.24. The zero-order valence-corrected chi connectivity index (χ0v) is 12.2. The summed E-state index contributed by atoms with van der Waals surface area (Å²) < 4.78 is 5.33. The average Bonchev–Trinajstić information content (AvgIpc) is 2.76. The minimum Gasteiger partial charge on any atom is -0.339 e.